The normalized spacial score (nSPS) is 15.0. The van der Waals surface area contributed by atoms with E-state index >= 15 is 0 Å². The van der Waals surface area contributed by atoms with Crippen LogP contribution in [0.2, 0.25) is 0 Å². The highest BCUT2D eigenvalue weighted by molar-refractivity contribution is 6.06. The van der Waals surface area contributed by atoms with Crippen molar-refractivity contribution in [2.75, 3.05) is 26.3 Å². The molecule has 1 aliphatic heterocycles. The molecule has 152 valence electrons. The second-order valence-electron chi connectivity index (χ2n) is 7.61. The lowest BCUT2D eigenvalue weighted by Gasteiger charge is -2.26. The van der Waals surface area contributed by atoms with Gasteiger partial charge in [-0.2, -0.15) is 5.10 Å². The summed E-state index contributed by atoms with van der Waals surface area (Å²) in [5.41, 5.74) is 5.33. The highest BCUT2D eigenvalue weighted by Crippen LogP contribution is 2.21. The molecule has 0 atom stereocenters. The maximum absolute atomic E-state index is 12.9. The summed E-state index contributed by atoms with van der Waals surface area (Å²) in [6.45, 7) is 8.71. The lowest BCUT2D eigenvalue weighted by atomic mass is 10.1. The fourth-order valence-electron chi connectivity index (χ4n) is 3.88. The van der Waals surface area contributed by atoms with Gasteiger partial charge in [0, 0.05) is 38.9 Å². The smallest absolute Gasteiger partial charge is 0.252 e. The summed E-state index contributed by atoms with van der Waals surface area (Å²) in [7, 11) is 1.85. The number of pyridine rings is 1. The van der Waals surface area contributed by atoms with Crippen molar-refractivity contribution < 1.29 is 9.53 Å². The van der Waals surface area contributed by atoms with Crippen molar-refractivity contribution in [3.8, 4) is 0 Å². The van der Waals surface area contributed by atoms with Crippen LogP contribution in [-0.2, 0) is 24.9 Å². The van der Waals surface area contributed by atoms with Crippen LogP contribution in [0.4, 0.5) is 0 Å². The molecule has 3 heterocycles. The van der Waals surface area contributed by atoms with Gasteiger partial charge in [-0.3, -0.25) is 14.4 Å². The summed E-state index contributed by atoms with van der Waals surface area (Å²) in [4.78, 5) is 19.9. The number of carbonyl (C=O) groups excluding carboxylic acids is 1. The molecule has 0 bridgehead atoms. The second kappa shape index (κ2) is 8.31. The van der Waals surface area contributed by atoms with Crippen molar-refractivity contribution in [3.63, 3.8) is 0 Å². The summed E-state index contributed by atoms with van der Waals surface area (Å²) in [6, 6.07) is 10.2. The summed E-state index contributed by atoms with van der Waals surface area (Å²) >= 11 is 0. The molecule has 1 aliphatic rings. The average molecular weight is 393 g/mol. The van der Waals surface area contributed by atoms with Crippen LogP contribution in [-0.4, -0.2) is 51.9 Å². The van der Waals surface area contributed by atoms with Gasteiger partial charge in [0.2, 0.25) is 0 Å². The van der Waals surface area contributed by atoms with Crippen molar-refractivity contribution in [2.24, 2.45) is 7.05 Å². The zero-order valence-electron chi connectivity index (χ0n) is 17.2. The first-order valence-corrected chi connectivity index (χ1v) is 9.98. The monoisotopic (exact) mass is 393 g/mol. The van der Waals surface area contributed by atoms with Crippen molar-refractivity contribution >= 4 is 16.9 Å². The molecule has 3 aromatic rings. The van der Waals surface area contributed by atoms with Gasteiger partial charge >= 0.3 is 0 Å². The van der Waals surface area contributed by atoms with E-state index in [1.165, 1.54) is 5.56 Å². The molecule has 7 heteroatoms. The van der Waals surface area contributed by atoms with Crippen molar-refractivity contribution in [1.82, 2.24) is 25.0 Å². The molecule has 0 saturated carbocycles. The number of aromatic nitrogens is 3. The van der Waals surface area contributed by atoms with Crippen LogP contribution >= 0.6 is 0 Å². The molecule has 1 saturated heterocycles. The zero-order valence-corrected chi connectivity index (χ0v) is 17.2. The highest BCUT2D eigenvalue weighted by atomic mass is 16.5. The molecular weight excluding hydrogens is 366 g/mol. The van der Waals surface area contributed by atoms with E-state index in [-0.39, 0.29) is 5.91 Å². The van der Waals surface area contributed by atoms with Gasteiger partial charge in [0.05, 0.1) is 29.9 Å². The molecule has 0 spiro atoms. The molecule has 1 fully saturated rings. The van der Waals surface area contributed by atoms with E-state index in [2.05, 4.69) is 38.5 Å². The summed E-state index contributed by atoms with van der Waals surface area (Å²) < 4.78 is 7.14. The van der Waals surface area contributed by atoms with Crippen molar-refractivity contribution in [1.29, 1.82) is 0 Å². The number of aryl methyl sites for hydroxylation is 3. The third-order valence-electron chi connectivity index (χ3n) is 5.30. The molecule has 7 nitrogen and oxygen atoms in total. The van der Waals surface area contributed by atoms with Crippen molar-refractivity contribution in [2.45, 2.75) is 26.9 Å². The summed E-state index contributed by atoms with van der Waals surface area (Å²) in [5, 5.41) is 8.30. The minimum Gasteiger partial charge on any atom is -0.379 e. The number of morpholine rings is 1. The Hall–Kier alpha value is -2.77. The number of nitrogens with zero attached hydrogens (tertiary/aromatic N) is 4. The number of nitrogens with one attached hydrogen (secondary N) is 1. The Labute approximate surface area is 170 Å². The standard InChI is InChI=1S/C22H27N5O2/c1-15-11-19(20-16(2)25-26(3)21(20)24-15)22(28)23-13-17-5-4-6-18(12-17)14-27-7-9-29-10-8-27/h4-6,11-12H,7-10,13-14H2,1-3H3,(H,23,28). The van der Waals surface area contributed by atoms with E-state index in [1.807, 2.05) is 33.0 Å². The molecule has 1 amide bonds. The average Bonchev–Trinajstić information content (AvgIpc) is 3.00. The quantitative estimate of drug-likeness (QED) is 0.720. The minimum absolute atomic E-state index is 0.102. The van der Waals surface area contributed by atoms with Crippen LogP contribution < -0.4 is 5.32 Å². The van der Waals surface area contributed by atoms with E-state index in [0.29, 0.717) is 12.1 Å². The van der Waals surface area contributed by atoms with E-state index in [9.17, 15) is 4.79 Å². The number of hydrogen-bond donors (Lipinski definition) is 1. The first kappa shape index (κ1) is 19.5. The van der Waals surface area contributed by atoms with Crippen LogP contribution in [0, 0.1) is 13.8 Å². The van der Waals surface area contributed by atoms with Crippen LogP contribution in [0.15, 0.2) is 30.3 Å². The maximum Gasteiger partial charge on any atom is 0.252 e. The predicted molar refractivity (Wildman–Crippen MR) is 112 cm³/mol. The van der Waals surface area contributed by atoms with Gasteiger partial charge in [-0.1, -0.05) is 24.3 Å². The molecule has 0 unspecified atom stereocenters. The van der Waals surface area contributed by atoms with Crippen LogP contribution in [0.25, 0.3) is 11.0 Å². The van der Waals surface area contributed by atoms with E-state index < -0.39 is 0 Å². The second-order valence-corrected chi connectivity index (χ2v) is 7.61. The van der Waals surface area contributed by atoms with Gasteiger partial charge < -0.3 is 10.1 Å². The van der Waals surface area contributed by atoms with Gasteiger partial charge in [0.25, 0.3) is 5.91 Å². The Morgan fingerprint density at radius 2 is 1.93 bits per heavy atom. The topological polar surface area (TPSA) is 72.3 Å². The van der Waals surface area contributed by atoms with Gasteiger partial charge in [0.1, 0.15) is 0 Å². The maximum atomic E-state index is 12.9. The van der Waals surface area contributed by atoms with Gasteiger partial charge in [-0.15, -0.1) is 0 Å². The Bertz CT molecular complexity index is 1040. The highest BCUT2D eigenvalue weighted by Gasteiger charge is 2.17. The Kier molecular flexibility index (Phi) is 5.60. The van der Waals surface area contributed by atoms with E-state index in [0.717, 1.165) is 60.8 Å². The predicted octanol–water partition coefficient (Wildman–Crippen LogP) is 2.35. The van der Waals surface area contributed by atoms with E-state index in [1.54, 1.807) is 4.68 Å². The van der Waals surface area contributed by atoms with Crippen molar-refractivity contribution in [3.05, 3.63) is 58.4 Å². The zero-order chi connectivity index (χ0) is 20.4. The number of rotatable bonds is 5. The number of hydrogen-bond acceptors (Lipinski definition) is 5. The molecule has 29 heavy (non-hydrogen) atoms. The Morgan fingerprint density at radius 1 is 1.17 bits per heavy atom. The molecule has 4 rings (SSSR count). The molecule has 0 aliphatic carbocycles. The number of carbonyl (C=O) groups is 1. The lowest BCUT2D eigenvalue weighted by Crippen LogP contribution is -2.35. The van der Waals surface area contributed by atoms with E-state index in [4.69, 9.17) is 4.74 Å². The lowest BCUT2D eigenvalue weighted by molar-refractivity contribution is 0.0342. The number of benzene rings is 1. The molecule has 2 aromatic heterocycles. The first-order chi connectivity index (χ1) is 14.0. The fourth-order valence-corrected chi connectivity index (χ4v) is 3.88. The number of ether oxygens (including phenoxy) is 1. The Morgan fingerprint density at radius 3 is 2.72 bits per heavy atom. The van der Waals surface area contributed by atoms with Crippen LogP contribution in [0.3, 0.4) is 0 Å². The van der Waals surface area contributed by atoms with Gasteiger partial charge in [-0.25, -0.2) is 4.98 Å². The first-order valence-electron chi connectivity index (χ1n) is 9.98. The largest absolute Gasteiger partial charge is 0.379 e. The van der Waals surface area contributed by atoms with Gasteiger partial charge in [0.15, 0.2) is 5.65 Å². The van der Waals surface area contributed by atoms with Crippen LogP contribution in [0.1, 0.15) is 32.9 Å². The number of fused-ring (bicyclic) bond motifs is 1. The fraction of sp³-hybridized carbons (Fsp3) is 0.409. The molecule has 1 aromatic carbocycles. The third-order valence-corrected chi connectivity index (χ3v) is 5.30. The Balaban J connectivity index is 1.48. The SMILES string of the molecule is Cc1cc(C(=O)NCc2cccc(CN3CCOCC3)c2)c2c(C)nn(C)c2n1. The van der Waals surface area contributed by atoms with Crippen LogP contribution in [0.5, 0.6) is 0 Å². The molecule has 1 N–H and O–H groups in total. The third kappa shape index (κ3) is 4.31. The molecular formula is C22H27N5O2. The number of amides is 1. The minimum atomic E-state index is -0.102. The summed E-state index contributed by atoms with van der Waals surface area (Å²) in [5.74, 6) is -0.102. The molecule has 0 radical (unpaired) electrons. The summed E-state index contributed by atoms with van der Waals surface area (Å²) in [6.07, 6.45) is 0. The van der Waals surface area contributed by atoms with Gasteiger partial charge in [-0.05, 0) is 31.0 Å².